The fourth-order valence-electron chi connectivity index (χ4n) is 7.58. The van der Waals surface area contributed by atoms with Crippen LogP contribution in [0.3, 0.4) is 0 Å². The van der Waals surface area contributed by atoms with E-state index in [2.05, 4.69) is 52.4 Å². The van der Waals surface area contributed by atoms with Crippen LogP contribution in [0.2, 0.25) is 0 Å². The Morgan fingerprint density at radius 1 is 1.07 bits per heavy atom. The Kier molecular flexibility index (Phi) is 7.35. The molecule has 2 bridgehead atoms. The maximum Gasteiger partial charge on any atom is 0.411 e. The van der Waals surface area contributed by atoms with Crippen molar-refractivity contribution in [1.82, 2.24) is 34.8 Å². The molecule has 3 aliphatic heterocycles. The second-order valence-electron chi connectivity index (χ2n) is 14.3. The lowest BCUT2D eigenvalue weighted by molar-refractivity contribution is -0.0394. The number of benzene rings is 1. The lowest BCUT2D eigenvalue weighted by Gasteiger charge is -2.52. The molecule has 12 heteroatoms. The molecule has 4 aromatic rings. The van der Waals surface area contributed by atoms with Gasteiger partial charge in [0.05, 0.1) is 28.1 Å². The molecule has 0 aliphatic carbocycles. The Labute approximate surface area is 268 Å². The minimum Gasteiger partial charge on any atom is -0.444 e. The minimum absolute atomic E-state index is 0.00547. The van der Waals surface area contributed by atoms with E-state index in [1.807, 2.05) is 49.1 Å². The van der Waals surface area contributed by atoms with Crippen LogP contribution in [0.15, 0.2) is 36.2 Å². The first-order valence-electron chi connectivity index (χ1n) is 15.9. The van der Waals surface area contributed by atoms with E-state index in [1.165, 1.54) is 0 Å². The van der Waals surface area contributed by atoms with Gasteiger partial charge in [0.2, 0.25) is 5.95 Å². The highest BCUT2D eigenvalue weighted by Crippen LogP contribution is 2.52. The van der Waals surface area contributed by atoms with Crippen LogP contribution < -0.4 is 4.90 Å². The first-order valence-corrected chi connectivity index (χ1v) is 16.8. The van der Waals surface area contributed by atoms with E-state index >= 15 is 0 Å². The van der Waals surface area contributed by atoms with Crippen LogP contribution in [-0.4, -0.2) is 77.3 Å². The number of hydrogen-bond acceptors (Lipinski definition) is 10. The molecular weight excluding hydrogens is 588 g/mol. The maximum atomic E-state index is 13.3. The first kappa shape index (κ1) is 30.0. The average Bonchev–Trinajstić information content (AvgIpc) is 3.73. The molecule has 3 atom stereocenters. The molecule has 238 valence electrons. The zero-order chi connectivity index (χ0) is 31.6. The molecule has 3 unspecified atom stereocenters. The Balaban J connectivity index is 1.10. The second-order valence-corrected chi connectivity index (χ2v) is 15.2. The van der Waals surface area contributed by atoms with Gasteiger partial charge in [-0.25, -0.2) is 19.4 Å². The SMILES string of the molecule is CN(c1ncc(-c2ccc(-c3cnn(C4CCCCO4)c3)c3ncsc23)nn1)C1CC2(C)CCC(C)(C1)N2C(=O)OC(C)(C)C. The van der Waals surface area contributed by atoms with Crippen molar-refractivity contribution in [2.75, 3.05) is 18.6 Å². The normalized spacial score (nSPS) is 26.8. The third-order valence-electron chi connectivity index (χ3n) is 9.74. The molecule has 7 rings (SSSR count). The van der Waals surface area contributed by atoms with Gasteiger partial charge in [0.25, 0.3) is 0 Å². The fraction of sp³-hybridized carbons (Fsp3) is 0.576. The van der Waals surface area contributed by atoms with Crippen molar-refractivity contribution in [3.05, 3.63) is 36.2 Å². The highest BCUT2D eigenvalue weighted by molar-refractivity contribution is 7.17. The first-order chi connectivity index (χ1) is 21.4. The van der Waals surface area contributed by atoms with Gasteiger partial charge in [0.15, 0.2) is 0 Å². The molecule has 0 spiro atoms. The highest BCUT2D eigenvalue weighted by atomic mass is 32.1. The smallest absolute Gasteiger partial charge is 0.411 e. The number of ether oxygens (including phenoxy) is 2. The molecule has 45 heavy (non-hydrogen) atoms. The summed E-state index contributed by atoms with van der Waals surface area (Å²) in [4.78, 5) is 26.9. The Bertz CT molecular complexity index is 1690. The van der Waals surface area contributed by atoms with Crippen LogP contribution in [0.5, 0.6) is 0 Å². The predicted molar refractivity (Wildman–Crippen MR) is 174 cm³/mol. The van der Waals surface area contributed by atoms with E-state index in [4.69, 9.17) is 19.4 Å². The van der Waals surface area contributed by atoms with Gasteiger partial charge < -0.3 is 14.4 Å². The lowest BCUT2D eigenvalue weighted by Crippen LogP contribution is -2.63. The number of rotatable bonds is 5. The van der Waals surface area contributed by atoms with E-state index in [0.717, 1.165) is 78.5 Å². The Morgan fingerprint density at radius 3 is 2.49 bits per heavy atom. The molecule has 0 saturated carbocycles. The molecule has 11 nitrogen and oxygen atoms in total. The number of fused-ring (bicyclic) bond motifs is 3. The van der Waals surface area contributed by atoms with Gasteiger partial charge in [-0.15, -0.1) is 21.5 Å². The van der Waals surface area contributed by atoms with E-state index in [1.54, 1.807) is 17.5 Å². The van der Waals surface area contributed by atoms with Gasteiger partial charge in [0, 0.05) is 53.7 Å². The number of nitrogens with zero attached hydrogens (tertiary/aromatic N) is 8. The zero-order valence-corrected chi connectivity index (χ0v) is 27.8. The number of piperidine rings is 1. The molecule has 3 fully saturated rings. The number of aromatic nitrogens is 6. The number of hydrogen-bond donors (Lipinski definition) is 0. The van der Waals surface area contributed by atoms with Crippen LogP contribution in [0, 0.1) is 0 Å². The standard InChI is InChI=1S/C33H42N8O3S/c1-31(2,3)44-30(42)41-32(4)12-13-33(41,5)16-22(15-32)39(6)29-34-18-25(37-38-29)24-11-10-23(27-28(24)45-20-35-27)21-17-36-40(19-21)26-9-7-8-14-43-26/h10-11,17-20,22,26H,7-9,12-16H2,1-6H3. The molecule has 1 amide bonds. The molecule has 3 aromatic heterocycles. The van der Waals surface area contributed by atoms with E-state index in [0.29, 0.717) is 11.6 Å². The number of thiazole rings is 1. The quantitative estimate of drug-likeness (QED) is 0.234. The Morgan fingerprint density at radius 2 is 1.82 bits per heavy atom. The highest BCUT2D eigenvalue weighted by Gasteiger charge is 2.59. The van der Waals surface area contributed by atoms with Crippen molar-refractivity contribution < 1.29 is 14.3 Å². The van der Waals surface area contributed by atoms with Gasteiger partial charge in [-0.2, -0.15) is 5.10 Å². The molecule has 6 heterocycles. The summed E-state index contributed by atoms with van der Waals surface area (Å²) in [7, 11) is 2.03. The molecule has 0 N–H and O–H groups in total. The third-order valence-corrected chi connectivity index (χ3v) is 10.6. The summed E-state index contributed by atoms with van der Waals surface area (Å²) in [5, 5.41) is 13.8. The minimum atomic E-state index is -0.531. The van der Waals surface area contributed by atoms with Crippen LogP contribution in [0.1, 0.15) is 85.8 Å². The summed E-state index contributed by atoms with van der Waals surface area (Å²) in [5.74, 6) is 0.579. The van der Waals surface area contributed by atoms with Gasteiger partial charge in [-0.3, -0.25) is 4.90 Å². The molecular formula is C33H42N8O3S. The van der Waals surface area contributed by atoms with Crippen molar-refractivity contribution in [1.29, 1.82) is 0 Å². The van der Waals surface area contributed by atoms with Crippen LogP contribution >= 0.6 is 11.3 Å². The van der Waals surface area contributed by atoms with Gasteiger partial charge >= 0.3 is 6.09 Å². The summed E-state index contributed by atoms with van der Waals surface area (Å²) in [6.45, 7) is 10.9. The van der Waals surface area contributed by atoms with Crippen LogP contribution in [-0.2, 0) is 9.47 Å². The van der Waals surface area contributed by atoms with Crippen molar-refractivity contribution in [3.8, 4) is 22.4 Å². The van der Waals surface area contributed by atoms with Crippen LogP contribution in [0.4, 0.5) is 10.7 Å². The number of carbonyl (C=O) groups is 1. The zero-order valence-electron chi connectivity index (χ0n) is 27.0. The average molecular weight is 631 g/mol. The summed E-state index contributed by atoms with van der Waals surface area (Å²) < 4.78 is 14.7. The van der Waals surface area contributed by atoms with E-state index in [-0.39, 0.29) is 29.4 Å². The van der Waals surface area contributed by atoms with Crippen molar-refractivity contribution in [2.45, 2.75) is 109 Å². The Hall–Kier alpha value is -3.64. The number of carbonyl (C=O) groups excluding carboxylic acids is 1. The third kappa shape index (κ3) is 5.45. The number of amides is 1. The van der Waals surface area contributed by atoms with Crippen LogP contribution in [0.25, 0.3) is 32.6 Å². The molecule has 1 aromatic carbocycles. The summed E-state index contributed by atoms with van der Waals surface area (Å²) >= 11 is 1.59. The summed E-state index contributed by atoms with van der Waals surface area (Å²) in [6, 6.07) is 4.32. The fourth-order valence-corrected chi connectivity index (χ4v) is 8.42. The molecule has 0 radical (unpaired) electrons. The number of anilines is 1. The van der Waals surface area contributed by atoms with E-state index in [9.17, 15) is 4.79 Å². The maximum absolute atomic E-state index is 13.3. The summed E-state index contributed by atoms with van der Waals surface area (Å²) in [6.07, 6.45) is 12.3. The second kappa shape index (κ2) is 11.0. The summed E-state index contributed by atoms with van der Waals surface area (Å²) in [5.41, 5.74) is 5.38. The van der Waals surface area contributed by atoms with Crippen molar-refractivity contribution in [2.24, 2.45) is 0 Å². The molecule has 3 aliphatic rings. The monoisotopic (exact) mass is 630 g/mol. The lowest BCUT2D eigenvalue weighted by atomic mass is 9.82. The van der Waals surface area contributed by atoms with Gasteiger partial charge in [0.1, 0.15) is 17.5 Å². The van der Waals surface area contributed by atoms with E-state index < -0.39 is 5.60 Å². The molecule has 3 saturated heterocycles. The largest absolute Gasteiger partial charge is 0.444 e. The topological polar surface area (TPSA) is 111 Å². The van der Waals surface area contributed by atoms with Crippen molar-refractivity contribution in [3.63, 3.8) is 0 Å². The van der Waals surface area contributed by atoms with Crippen molar-refractivity contribution >= 4 is 33.6 Å². The van der Waals surface area contributed by atoms with Gasteiger partial charge in [-0.05, 0) is 79.6 Å². The van der Waals surface area contributed by atoms with Gasteiger partial charge in [-0.1, -0.05) is 12.1 Å². The predicted octanol–water partition coefficient (Wildman–Crippen LogP) is 6.86.